The number of amides is 1. The number of aromatic hydroxyl groups is 1. The highest BCUT2D eigenvalue weighted by atomic mass is 16.5. The monoisotopic (exact) mass is 517 g/mol. The molecule has 38 heavy (non-hydrogen) atoms. The maximum atomic E-state index is 13.7. The van der Waals surface area contributed by atoms with E-state index in [-0.39, 0.29) is 35.8 Å². The van der Waals surface area contributed by atoms with Crippen LogP contribution in [0.5, 0.6) is 5.75 Å². The third-order valence-electron chi connectivity index (χ3n) is 7.52. The topological polar surface area (TPSA) is 164 Å². The quantitative estimate of drug-likeness (QED) is 0.352. The summed E-state index contributed by atoms with van der Waals surface area (Å²) in [7, 11) is 0. The zero-order valence-electron chi connectivity index (χ0n) is 20.9. The largest absolute Gasteiger partial charge is 0.511 e. The van der Waals surface area contributed by atoms with Crippen molar-refractivity contribution in [3.8, 4) is 16.9 Å². The second-order valence-electron chi connectivity index (χ2n) is 10.3. The molecule has 0 saturated carbocycles. The second kappa shape index (κ2) is 9.16. The minimum Gasteiger partial charge on any atom is -0.511 e. The summed E-state index contributed by atoms with van der Waals surface area (Å²) in [5.41, 5.74) is 6.96. The lowest BCUT2D eigenvalue weighted by Crippen LogP contribution is -2.43. The number of carbonyl (C=O) groups is 4. The molecule has 3 atom stereocenters. The van der Waals surface area contributed by atoms with E-state index in [0.29, 0.717) is 28.7 Å². The van der Waals surface area contributed by atoms with E-state index in [2.05, 4.69) is 0 Å². The van der Waals surface area contributed by atoms with Crippen molar-refractivity contribution in [3.63, 3.8) is 0 Å². The van der Waals surface area contributed by atoms with Crippen molar-refractivity contribution in [2.75, 3.05) is 0 Å². The summed E-state index contributed by atoms with van der Waals surface area (Å²) in [6.07, 6.45) is 0.247. The van der Waals surface area contributed by atoms with E-state index >= 15 is 0 Å². The first-order valence-corrected chi connectivity index (χ1v) is 12.4. The number of rotatable bonds is 4. The minimum absolute atomic E-state index is 0.0192. The smallest absolute Gasteiger partial charge is 0.338 e. The fourth-order valence-corrected chi connectivity index (χ4v) is 6.01. The maximum absolute atomic E-state index is 13.7. The van der Waals surface area contributed by atoms with Gasteiger partial charge in [-0.05, 0) is 73.4 Å². The summed E-state index contributed by atoms with van der Waals surface area (Å²) >= 11 is 0. The average Bonchev–Trinajstić information content (AvgIpc) is 2.83. The van der Waals surface area contributed by atoms with Gasteiger partial charge in [0.05, 0.1) is 23.1 Å². The van der Waals surface area contributed by atoms with Crippen molar-refractivity contribution in [1.29, 1.82) is 0 Å². The van der Waals surface area contributed by atoms with Crippen LogP contribution < -0.4 is 5.73 Å². The lowest BCUT2D eigenvalue weighted by molar-refractivity contribution is -0.126. The van der Waals surface area contributed by atoms with Gasteiger partial charge in [-0.3, -0.25) is 14.4 Å². The van der Waals surface area contributed by atoms with Crippen LogP contribution in [0.2, 0.25) is 0 Å². The number of allylic oxidation sites excluding steroid dienone is 3. The summed E-state index contributed by atoms with van der Waals surface area (Å²) in [4.78, 5) is 50.9. The number of primary amides is 1. The van der Waals surface area contributed by atoms with Crippen molar-refractivity contribution >= 4 is 23.4 Å². The van der Waals surface area contributed by atoms with Crippen LogP contribution in [0.1, 0.15) is 53.0 Å². The molecule has 0 aromatic heterocycles. The number of ether oxygens (including phenoxy) is 1. The number of nitrogens with two attached hydrogens (primary N) is 1. The first kappa shape index (κ1) is 25.3. The highest BCUT2D eigenvalue weighted by Gasteiger charge is 2.50. The van der Waals surface area contributed by atoms with Gasteiger partial charge >= 0.3 is 5.97 Å². The number of fused-ring (bicyclic) bond motifs is 3. The Morgan fingerprint density at radius 1 is 1.05 bits per heavy atom. The highest BCUT2D eigenvalue weighted by Crippen LogP contribution is 2.50. The molecule has 0 saturated heterocycles. The SMILES string of the molecule is CC(C)OC(=O)c1cccc(-c2ccc(O)c3c2C[C@H]2C[C@H]4CC(O)=C(C(N)=O)C(=O)C4C(O)=C2C3=O)c1. The van der Waals surface area contributed by atoms with Crippen LogP contribution in [-0.2, 0) is 20.7 Å². The number of aliphatic hydroxyl groups is 2. The number of esters is 1. The molecule has 5 rings (SSSR count). The van der Waals surface area contributed by atoms with Crippen LogP contribution in [0.15, 0.2) is 59.1 Å². The molecule has 9 heteroatoms. The lowest BCUT2D eigenvalue weighted by atomic mass is 9.62. The van der Waals surface area contributed by atoms with Gasteiger partial charge in [-0.15, -0.1) is 0 Å². The number of aliphatic hydroxyl groups excluding tert-OH is 2. The van der Waals surface area contributed by atoms with E-state index in [1.807, 2.05) is 0 Å². The molecular weight excluding hydrogens is 490 g/mol. The van der Waals surface area contributed by atoms with E-state index in [0.717, 1.165) is 0 Å². The summed E-state index contributed by atoms with van der Waals surface area (Å²) in [6.45, 7) is 3.51. The van der Waals surface area contributed by atoms with Gasteiger partial charge in [-0.1, -0.05) is 18.2 Å². The van der Waals surface area contributed by atoms with Crippen molar-refractivity contribution < 1.29 is 39.2 Å². The van der Waals surface area contributed by atoms with Crippen molar-refractivity contribution in [2.24, 2.45) is 23.5 Å². The molecule has 3 aliphatic carbocycles. The van der Waals surface area contributed by atoms with Crippen molar-refractivity contribution in [3.05, 3.63) is 75.8 Å². The molecule has 196 valence electrons. The molecule has 0 heterocycles. The van der Waals surface area contributed by atoms with Gasteiger partial charge in [-0.2, -0.15) is 0 Å². The van der Waals surface area contributed by atoms with Crippen LogP contribution in [0.4, 0.5) is 0 Å². The number of benzene rings is 2. The van der Waals surface area contributed by atoms with E-state index in [1.165, 1.54) is 6.07 Å². The maximum Gasteiger partial charge on any atom is 0.338 e. The molecule has 1 amide bonds. The van der Waals surface area contributed by atoms with Gasteiger partial charge in [0.2, 0.25) is 0 Å². The Hall–Kier alpha value is -4.40. The van der Waals surface area contributed by atoms with E-state index in [9.17, 15) is 34.5 Å². The number of hydrogen-bond acceptors (Lipinski definition) is 8. The molecule has 2 aromatic carbocycles. The first-order chi connectivity index (χ1) is 18.0. The van der Waals surface area contributed by atoms with E-state index in [1.54, 1.807) is 44.2 Å². The first-order valence-electron chi connectivity index (χ1n) is 12.4. The Labute approximate surface area is 218 Å². The molecule has 0 aliphatic heterocycles. The van der Waals surface area contributed by atoms with Gasteiger partial charge in [0.1, 0.15) is 22.8 Å². The van der Waals surface area contributed by atoms with Crippen LogP contribution in [-0.4, -0.2) is 44.9 Å². The fraction of sp³-hybridized carbons (Fsp3) is 0.310. The Bertz CT molecular complexity index is 1480. The molecule has 0 fully saturated rings. The van der Waals surface area contributed by atoms with Crippen LogP contribution >= 0.6 is 0 Å². The molecule has 9 nitrogen and oxygen atoms in total. The zero-order valence-corrected chi connectivity index (χ0v) is 20.9. The van der Waals surface area contributed by atoms with Gasteiger partial charge in [0, 0.05) is 12.0 Å². The highest BCUT2D eigenvalue weighted by molar-refractivity contribution is 6.22. The molecule has 2 aromatic rings. The Morgan fingerprint density at radius 3 is 2.47 bits per heavy atom. The fourth-order valence-electron chi connectivity index (χ4n) is 6.01. The minimum atomic E-state index is -1.17. The average molecular weight is 518 g/mol. The molecule has 0 radical (unpaired) electrons. The zero-order chi connectivity index (χ0) is 27.5. The number of phenols is 1. The Morgan fingerprint density at radius 2 is 1.79 bits per heavy atom. The predicted octanol–water partition coefficient (Wildman–Crippen LogP) is 3.70. The second-order valence-corrected chi connectivity index (χ2v) is 10.3. The van der Waals surface area contributed by atoms with Gasteiger partial charge in [0.15, 0.2) is 11.6 Å². The molecule has 3 aliphatic rings. The summed E-state index contributed by atoms with van der Waals surface area (Å²) in [5.74, 6) is -6.28. The molecule has 0 bridgehead atoms. The van der Waals surface area contributed by atoms with Gasteiger partial charge in [-0.25, -0.2) is 4.79 Å². The standard InChI is InChI=1S/C29H27NO8/c1-12(2)38-29(37)14-5-3-4-13(8-14)17-6-7-19(31)23-18(17)10-15-9-16-11-20(32)24(28(30)36)27(35)22(16)25(33)21(15)26(23)34/h3-8,12,15-16,22,31-33H,9-11H2,1-2H3,(H2,30,36)/t15-,16+,22?/m1/s1. The number of ketones is 2. The number of carbonyl (C=O) groups excluding carboxylic acids is 4. The van der Waals surface area contributed by atoms with Crippen LogP contribution in [0.25, 0.3) is 11.1 Å². The summed E-state index contributed by atoms with van der Waals surface area (Å²) in [6, 6.07) is 9.84. The normalized spacial score (nSPS) is 22.7. The van der Waals surface area contributed by atoms with Crippen LogP contribution in [0.3, 0.4) is 0 Å². The number of hydrogen-bond donors (Lipinski definition) is 4. The Kier molecular flexibility index (Phi) is 6.09. The predicted molar refractivity (Wildman–Crippen MR) is 135 cm³/mol. The van der Waals surface area contributed by atoms with Crippen molar-refractivity contribution in [2.45, 2.75) is 39.2 Å². The van der Waals surface area contributed by atoms with Gasteiger partial charge < -0.3 is 25.8 Å². The Balaban J connectivity index is 1.59. The molecule has 0 spiro atoms. The van der Waals surface area contributed by atoms with Crippen LogP contribution in [0, 0.1) is 17.8 Å². The van der Waals surface area contributed by atoms with E-state index in [4.69, 9.17) is 10.5 Å². The third-order valence-corrected chi connectivity index (χ3v) is 7.52. The van der Waals surface area contributed by atoms with Gasteiger partial charge in [0.25, 0.3) is 5.91 Å². The molecule has 1 unspecified atom stereocenters. The summed E-state index contributed by atoms with van der Waals surface area (Å²) in [5, 5.41) is 32.1. The third kappa shape index (κ3) is 3.95. The molecular formula is C29H27NO8. The lowest BCUT2D eigenvalue weighted by Gasteiger charge is -2.41. The number of Topliss-reactive ketones (excluding diaryl/α,β-unsaturated/α-hetero) is 2. The number of phenolic OH excluding ortho intramolecular Hbond substituents is 1. The van der Waals surface area contributed by atoms with Crippen molar-refractivity contribution in [1.82, 2.24) is 0 Å². The molecule has 5 N–H and O–H groups in total. The van der Waals surface area contributed by atoms with E-state index < -0.39 is 58.3 Å². The summed E-state index contributed by atoms with van der Waals surface area (Å²) < 4.78 is 5.30.